The predicted octanol–water partition coefficient (Wildman–Crippen LogP) is 2.02. The van der Waals surface area contributed by atoms with E-state index in [1.807, 2.05) is 0 Å². The van der Waals surface area contributed by atoms with Crippen LogP contribution in [0.4, 0.5) is 13.2 Å². The van der Waals surface area contributed by atoms with Crippen LogP contribution in [-0.4, -0.2) is 27.4 Å². The van der Waals surface area contributed by atoms with Crippen LogP contribution in [0.1, 0.15) is 30.2 Å². The molecular formula is C12H17F3N2O2. The Kier molecular flexibility index (Phi) is 5.13. The standard InChI is InChI=1S/C12H17F3N2O2/c1-7(3-12(13,14)15)16-5-10-9(6-18)4-17-8(2)11(10)19/h4,7,16,18-19H,3,5-6H2,1-2H3. The number of nitrogens with one attached hydrogen (secondary N) is 1. The first-order chi connectivity index (χ1) is 8.74. The quantitative estimate of drug-likeness (QED) is 0.771. The minimum atomic E-state index is -4.23. The van der Waals surface area contributed by atoms with Gasteiger partial charge in [0.15, 0.2) is 0 Å². The molecular weight excluding hydrogens is 261 g/mol. The maximum absolute atomic E-state index is 12.2. The van der Waals surface area contributed by atoms with Gasteiger partial charge in [-0.3, -0.25) is 4.98 Å². The van der Waals surface area contributed by atoms with Crippen molar-refractivity contribution in [2.45, 2.75) is 45.6 Å². The molecule has 19 heavy (non-hydrogen) atoms. The monoisotopic (exact) mass is 278 g/mol. The van der Waals surface area contributed by atoms with Gasteiger partial charge in [0.25, 0.3) is 0 Å². The number of hydrogen-bond acceptors (Lipinski definition) is 4. The lowest BCUT2D eigenvalue weighted by Crippen LogP contribution is -2.31. The third kappa shape index (κ3) is 4.68. The maximum atomic E-state index is 12.2. The van der Waals surface area contributed by atoms with E-state index < -0.39 is 18.6 Å². The number of aliphatic hydroxyl groups excluding tert-OH is 1. The highest BCUT2D eigenvalue weighted by atomic mass is 19.4. The first kappa shape index (κ1) is 15.7. The Labute approximate surface area is 109 Å². The van der Waals surface area contributed by atoms with Gasteiger partial charge in [-0.2, -0.15) is 13.2 Å². The molecule has 0 spiro atoms. The Hall–Kier alpha value is -1.34. The first-order valence-corrected chi connectivity index (χ1v) is 5.82. The summed E-state index contributed by atoms with van der Waals surface area (Å²) in [5.74, 6) is -0.0988. The minimum absolute atomic E-state index is 0.0440. The highest BCUT2D eigenvalue weighted by molar-refractivity contribution is 5.40. The van der Waals surface area contributed by atoms with E-state index in [9.17, 15) is 18.3 Å². The van der Waals surface area contributed by atoms with Crippen molar-refractivity contribution in [3.8, 4) is 5.75 Å². The van der Waals surface area contributed by atoms with Gasteiger partial charge in [-0.05, 0) is 13.8 Å². The van der Waals surface area contributed by atoms with Gasteiger partial charge >= 0.3 is 6.18 Å². The molecule has 0 aliphatic heterocycles. The fraction of sp³-hybridized carbons (Fsp3) is 0.583. The highest BCUT2D eigenvalue weighted by Gasteiger charge is 2.29. The molecule has 1 atom stereocenters. The van der Waals surface area contributed by atoms with Crippen LogP contribution in [0.2, 0.25) is 0 Å². The molecule has 108 valence electrons. The van der Waals surface area contributed by atoms with Crippen molar-refractivity contribution in [2.24, 2.45) is 0 Å². The molecule has 0 fully saturated rings. The van der Waals surface area contributed by atoms with Crippen LogP contribution in [0.25, 0.3) is 0 Å². The predicted molar refractivity (Wildman–Crippen MR) is 63.5 cm³/mol. The third-order valence-corrected chi connectivity index (χ3v) is 2.77. The Bertz CT molecular complexity index is 436. The number of pyridine rings is 1. The third-order valence-electron chi connectivity index (χ3n) is 2.77. The van der Waals surface area contributed by atoms with Crippen molar-refractivity contribution in [2.75, 3.05) is 0 Å². The fourth-order valence-corrected chi connectivity index (χ4v) is 1.71. The molecule has 1 aromatic heterocycles. The van der Waals surface area contributed by atoms with Gasteiger partial charge in [0.05, 0.1) is 18.7 Å². The molecule has 0 saturated carbocycles. The lowest BCUT2D eigenvalue weighted by atomic mass is 10.1. The number of nitrogens with zero attached hydrogens (tertiary/aromatic N) is 1. The SMILES string of the molecule is Cc1ncc(CO)c(CNC(C)CC(F)(F)F)c1O. The molecule has 7 heteroatoms. The van der Waals surface area contributed by atoms with E-state index in [2.05, 4.69) is 10.3 Å². The van der Waals surface area contributed by atoms with E-state index in [0.29, 0.717) is 16.8 Å². The summed E-state index contributed by atoms with van der Waals surface area (Å²) in [4.78, 5) is 3.88. The maximum Gasteiger partial charge on any atom is 0.390 e. The van der Waals surface area contributed by atoms with E-state index in [4.69, 9.17) is 5.11 Å². The molecule has 0 radical (unpaired) electrons. The van der Waals surface area contributed by atoms with E-state index in [1.165, 1.54) is 13.1 Å². The average Bonchev–Trinajstić information content (AvgIpc) is 2.28. The number of aliphatic hydroxyl groups is 1. The van der Waals surface area contributed by atoms with E-state index in [0.717, 1.165) is 0 Å². The Balaban J connectivity index is 2.75. The van der Waals surface area contributed by atoms with Crippen LogP contribution < -0.4 is 5.32 Å². The van der Waals surface area contributed by atoms with Gasteiger partial charge in [-0.25, -0.2) is 0 Å². The van der Waals surface area contributed by atoms with E-state index in [-0.39, 0.29) is 18.9 Å². The van der Waals surface area contributed by atoms with Crippen molar-refractivity contribution in [3.05, 3.63) is 23.0 Å². The Morgan fingerprint density at radius 1 is 1.42 bits per heavy atom. The van der Waals surface area contributed by atoms with Crippen LogP contribution in [-0.2, 0) is 13.2 Å². The number of aryl methyl sites for hydroxylation is 1. The molecule has 1 heterocycles. The average molecular weight is 278 g/mol. The van der Waals surface area contributed by atoms with Gasteiger partial charge in [-0.1, -0.05) is 0 Å². The summed E-state index contributed by atoms with van der Waals surface area (Å²) in [5.41, 5.74) is 1.15. The van der Waals surface area contributed by atoms with Crippen LogP contribution in [0.15, 0.2) is 6.20 Å². The zero-order chi connectivity index (χ0) is 14.6. The molecule has 0 aliphatic rings. The largest absolute Gasteiger partial charge is 0.506 e. The zero-order valence-corrected chi connectivity index (χ0v) is 10.8. The summed E-state index contributed by atoms with van der Waals surface area (Å²) in [6.45, 7) is 2.71. The molecule has 0 aromatic carbocycles. The second-order valence-corrected chi connectivity index (χ2v) is 4.46. The number of aromatic hydroxyl groups is 1. The molecule has 0 saturated heterocycles. The second kappa shape index (κ2) is 6.21. The molecule has 4 nitrogen and oxygen atoms in total. The summed E-state index contributed by atoms with van der Waals surface area (Å²) in [5, 5.41) is 21.6. The highest BCUT2D eigenvalue weighted by Crippen LogP contribution is 2.25. The van der Waals surface area contributed by atoms with Crippen LogP contribution in [0.3, 0.4) is 0 Å². The molecule has 1 unspecified atom stereocenters. The van der Waals surface area contributed by atoms with Gasteiger partial charge in [0.1, 0.15) is 5.75 Å². The lowest BCUT2D eigenvalue weighted by molar-refractivity contribution is -0.139. The van der Waals surface area contributed by atoms with Crippen molar-refractivity contribution < 1.29 is 23.4 Å². The number of rotatable bonds is 5. The van der Waals surface area contributed by atoms with Gasteiger partial charge in [0, 0.05) is 29.9 Å². The lowest BCUT2D eigenvalue weighted by Gasteiger charge is -2.18. The minimum Gasteiger partial charge on any atom is -0.506 e. The molecule has 0 bridgehead atoms. The molecule has 1 aromatic rings. The van der Waals surface area contributed by atoms with Gasteiger partial charge in [0.2, 0.25) is 0 Å². The zero-order valence-electron chi connectivity index (χ0n) is 10.8. The molecule has 0 aliphatic carbocycles. The van der Waals surface area contributed by atoms with E-state index >= 15 is 0 Å². The number of hydrogen-bond donors (Lipinski definition) is 3. The van der Waals surface area contributed by atoms with E-state index in [1.54, 1.807) is 6.92 Å². The molecule has 1 rings (SSSR count). The smallest absolute Gasteiger partial charge is 0.390 e. The number of halogens is 3. The van der Waals surface area contributed by atoms with Crippen LogP contribution in [0, 0.1) is 6.92 Å². The van der Waals surface area contributed by atoms with Crippen molar-refractivity contribution >= 4 is 0 Å². The molecule has 0 amide bonds. The van der Waals surface area contributed by atoms with Gasteiger partial charge < -0.3 is 15.5 Å². The Morgan fingerprint density at radius 2 is 2.05 bits per heavy atom. The van der Waals surface area contributed by atoms with Crippen molar-refractivity contribution in [1.29, 1.82) is 0 Å². The Morgan fingerprint density at radius 3 is 2.58 bits per heavy atom. The van der Waals surface area contributed by atoms with Crippen molar-refractivity contribution in [3.63, 3.8) is 0 Å². The van der Waals surface area contributed by atoms with Crippen LogP contribution in [0.5, 0.6) is 5.75 Å². The fourth-order valence-electron chi connectivity index (χ4n) is 1.71. The molecule has 3 N–H and O–H groups in total. The van der Waals surface area contributed by atoms with Crippen LogP contribution >= 0.6 is 0 Å². The summed E-state index contributed by atoms with van der Waals surface area (Å²) < 4.78 is 36.5. The summed E-state index contributed by atoms with van der Waals surface area (Å²) >= 11 is 0. The first-order valence-electron chi connectivity index (χ1n) is 5.82. The van der Waals surface area contributed by atoms with Crippen molar-refractivity contribution in [1.82, 2.24) is 10.3 Å². The summed E-state index contributed by atoms with van der Waals surface area (Å²) in [6.07, 6.45) is -3.78. The summed E-state index contributed by atoms with van der Waals surface area (Å²) in [7, 11) is 0. The van der Waals surface area contributed by atoms with Gasteiger partial charge in [-0.15, -0.1) is 0 Å². The topological polar surface area (TPSA) is 65.4 Å². The second-order valence-electron chi connectivity index (χ2n) is 4.46. The normalized spacial score (nSPS) is 13.6. The number of aromatic nitrogens is 1. The number of alkyl halides is 3. The summed E-state index contributed by atoms with van der Waals surface area (Å²) in [6, 6.07) is -0.778.